The van der Waals surface area contributed by atoms with Gasteiger partial charge < -0.3 is 19.8 Å². The van der Waals surface area contributed by atoms with Crippen LogP contribution in [-0.4, -0.2) is 53.4 Å². The first-order valence-electron chi connectivity index (χ1n) is 8.84. The number of benzene rings is 1. The van der Waals surface area contributed by atoms with E-state index in [-0.39, 0.29) is 24.5 Å². The molecular weight excluding hydrogens is 414 g/mol. The third-order valence-electron chi connectivity index (χ3n) is 4.65. The van der Waals surface area contributed by atoms with E-state index in [2.05, 4.69) is 33.0 Å². The number of ether oxygens (including phenoxy) is 1. The Kier molecular flexibility index (Phi) is 6.49. The number of halogens is 1. The standard InChI is InChI=1S/C19H22BrN3O4/c1-2-10-26-19(25)21-15(9-8-13-6-4-3-5-7-13)18(24)23-11-14-16(12-23)27-22-17(14)20/h2-7,14-16H,1,8-12H2,(H,21,25)/t14-,15-,16+/m0/s1. The zero-order valence-electron chi connectivity index (χ0n) is 14.8. The number of nitrogens with zero attached hydrogens (tertiary/aromatic N) is 2. The van der Waals surface area contributed by atoms with Gasteiger partial charge >= 0.3 is 6.09 Å². The van der Waals surface area contributed by atoms with Crippen LogP contribution >= 0.6 is 15.9 Å². The summed E-state index contributed by atoms with van der Waals surface area (Å²) in [4.78, 5) is 32.1. The topological polar surface area (TPSA) is 80.2 Å². The molecule has 2 heterocycles. The zero-order valence-corrected chi connectivity index (χ0v) is 16.4. The number of rotatable bonds is 7. The Bertz CT molecular complexity index is 725. The van der Waals surface area contributed by atoms with E-state index in [1.807, 2.05) is 30.3 Å². The molecule has 1 saturated heterocycles. The lowest BCUT2D eigenvalue weighted by atomic mass is 10.0. The second-order valence-electron chi connectivity index (χ2n) is 6.52. The van der Waals surface area contributed by atoms with Crippen molar-refractivity contribution in [3.63, 3.8) is 0 Å². The van der Waals surface area contributed by atoms with Crippen molar-refractivity contribution in [1.29, 1.82) is 0 Å². The molecule has 1 aromatic rings. The maximum Gasteiger partial charge on any atom is 0.408 e. The Balaban J connectivity index is 1.64. The van der Waals surface area contributed by atoms with Crippen molar-refractivity contribution < 1.29 is 19.2 Å². The minimum atomic E-state index is -0.669. The Labute approximate surface area is 166 Å². The maximum absolute atomic E-state index is 13.0. The van der Waals surface area contributed by atoms with E-state index in [0.717, 1.165) is 10.2 Å². The van der Waals surface area contributed by atoms with Crippen molar-refractivity contribution in [2.45, 2.75) is 25.0 Å². The van der Waals surface area contributed by atoms with E-state index < -0.39 is 12.1 Å². The summed E-state index contributed by atoms with van der Waals surface area (Å²) in [6.45, 7) is 4.57. The number of alkyl carbamates (subject to hydrolysis) is 1. The highest BCUT2D eigenvalue weighted by molar-refractivity contribution is 9.18. The summed E-state index contributed by atoms with van der Waals surface area (Å²) in [5.74, 6) is -0.0868. The Morgan fingerprint density at radius 2 is 2.19 bits per heavy atom. The van der Waals surface area contributed by atoms with Crippen LogP contribution in [-0.2, 0) is 20.8 Å². The summed E-state index contributed by atoms with van der Waals surface area (Å²) in [5.41, 5.74) is 1.10. The number of nitrogens with one attached hydrogen (secondary N) is 1. The van der Waals surface area contributed by atoms with Crippen LogP contribution < -0.4 is 5.32 Å². The van der Waals surface area contributed by atoms with Gasteiger partial charge in [0.2, 0.25) is 5.91 Å². The van der Waals surface area contributed by atoms with E-state index >= 15 is 0 Å². The molecule has 0 saturated carbocycles. The number of amides is 2. The molecule has 2 aliphatic rings. The predicted molar refractivity (Wildman–Crippen MR) is 105 cm³/mol. The minimum Gasteiger partial charge on any atom is -0.445 e. The molecule has 3 atom stereocenters. The van der Waals surface area contributed by atoms with Crippen LogP contribution in [0.4, 0.5) is 4.79 Å². The van der Waals surface area contributed by atoms with Gasteiger partial charge in [0.15, 0.2) is 6.10 Å². The van der Waals surface area contributed by atoms with Crippen LogP contribution in [0.5, 0.6) is 0 Å². The van der Waals surface area contributed by atoms with Gasteiger partial charge in [-0.05, 0) is 34.3 Å². The quantitative estimate of drug-likeness (QED) is 0.667. The number of fused-ring (bicyclic) bond motifs is 1. The fraction of sp³-hybridized carbons (Fsp3) is 0.421. The highest BCUT2D eigenvalue weighted by Crippen LogP contribution is 2.30. The van der Waals surface area contributed by atoms with Crippen molar-refractivity contribution >= 4 is 32.6 Å². The molecular formula is C19H22BrN3O4. The third-order valence-corrected chi connectivity index (χ3v) is 5.38. The molecule has 3 rings (SSSR count). The van der Waals surface area contributed by atoms with Gasteiger partial charge in [-0.15, -0.1) is 0 Å². The average molecular weight is 436 g/mol. The molecule has 2 aliphatic heterocycles. The van der Waals surface area contributed by atoms with E-state index in [1.54, 1.807) is 4.90 Å². The second-order valence-corrected chi connectivity index (χ2v) is 7.33. The molecule has 0 aromatic heterocycles. The molecule has 144 valence electrons. The van der Waals surface area contributed by atoms with Gasteiger partial charge in [-0.2, -0.15) is 0 Å². The van der Waals surface area contributed by atoms with Crippen molar-refractivity contribution in [2.75, 3.05) is 19.7 Å². The van der Waals surface area contributed by atoms with E-state index in [4.69, 9.17) is 9.57 Å². The molecule has 2 amide bonds. The van der Waals surface area contributed by atoms with Crippen molar-refractivity contribution in [3.05, 3.63) is 48.6 Å². The first-order valence-corrected chi connectivity index (χ1v) is 9.64. The lowest BCUT2D eigenvalue weighted by molar-refractivity contribution is -0.133. The molecule has 0 unspecified atom stereocenters. The molecule has 1 aromatic carbocycles. The van der Waals surface area contributed by atoms with Crippen molar-refractivity contribution in [2.24, 2.45) is 11.1 Å². The largest absolute Gasteiger partial charge is 0.445 e. The molecule has 0 aliphatic carbocycles. The first kappa shape index (κ1) is 19.4. The second kappa shape index (κ2) is 9.03. The Morgan fingerprint density at radius 3 is 2.89 bits per heavy atom. The van der Waals surface area contributed by atoms with Crippen LogP contribution in [0, 0.1) is 5.92 Å². The van der Waals surface area contributed by atoms with Gasteiger partial charge in [0, 0.05) is 6.54 Å². The number of aryl methyl sites for hydroxylation is 1. The molecule has 7 nitrogen and oxygen atoms in total. The van der Waals surface area contributed by atoms with Crippen molar-refractivity contribution in [3.8, 4) is 0 Å². The monoisotopic (exact) mass is 435 g/mol. The molecule has 8 heteroatoms. The lowest BCUT2D eigenvalue weighted by Crippen LogP contribution is -2.48. The van der Waals surface area contributed by atoms with E-state index in [0.29, 0.717) is 25.9 Å². The van der Waals surface area contributed by atoms with Crippen LogP contribution in [0.3, 0.4) is 0 Å². The first-order chi connectivity index (χ1) is 13.1. The molecule has 0 spiro atoms. The highest BCUT2D eigenvalue weighted by Gasteiger charge is 2.44. The zero-order chi connectivity index (χ0) is 19.2. The minimum absolute atomic E-state index is 0.0523. The predicted octanol–water partition coefficient (Wildman–Crippen LogP) is 2.47. The summed E-state index contributed by atoms with van der Waals surface area (Å²) in [5, 5.41) is 6.61. The number of hydrogen-bond acceptors (Lipinski definition) is 5. The maximum atomic E-state index is 13.0. The number of oxime groups is 1. The Hall–Kier alpha value is -2.35. The fourth-order valence-corrected chi connectivity index (χ4v) is 3.75. The molecule has 27 heavy (non-hydrogen) atoms. The van der Waals surface area contributed by atoms with Gasteiger partial charge in [0.25, 0.3) is 0 Å². The van der Waals surface area contributed by atoms with Crippen LogP contribution in [0.25, 0.3) is 0 Å². The molecule has 0 radical (unpaired) electrons. The van der Waals surface area contributed by atoms with Gasteiger partial charge in [0.1, 0.15) is 17.3 Å². The summed E-state index contributed by atoms with van der Waals surface area (Å²) < 4.78 is 5.71. The van der Waals surface area contributed by atoms with Gasteiger partial charge in [-0.1, -0.05) is 48.1 Å². The summed E-state index contributed by atoms with van der Waals surface area (Å²) >= 11 is 3.38. The smallest absolute Gasteiger partial charge is 0.408 e. The van der Waals surface area contributed by atoms with E-state index in [1.165, 1.54) is 6.08 Å². The number of carbonyl (C=O) groups excluding carboxylic acids is 2. The lowest BCUT2D eigenvalue weighted by Gasteiger charge is -2.24. The summed E-state index contributed by atoms with van der Waals surface area (Å²) in [7, 11) is 0. The SMILES string of the molecule is C=CCOC(=O)N[C@@H](CCc1ccccc1)C(=O)N1C[C@@H]2C(Br)=NO[C@@H]2C1. The third kappa shape index (κ3) is 4.88. The normalized spacial score (nSPS) is 21.7. The summed E-state index contributed by atoms with van der Waals surface area (Å²) in [6, 6.07) is 9.18. The van der Waals surface area contributed by atoms with Crippen molar-refractivity contribution in [1.82, 2.24) is 10.2 Å². The summed E-state index contributed by atoms with van der Waals surface area (Å²) in [6.07, 6.45) is 1.87. The van der Waals surface area contributed by atoms with Gasteiger partial charge in [-0.3, -0.25) is 4.79 Å². The van der Waals surface area contributed by atoms with Crippen LogP contribution in [0.15, 0.2) is 48.1 Å². The van der Waals surface area contributed by atoms with Gasteiger partial charge in [-0.25, -0.2) is 4.79 Å². The van der Waals surface area contributed by atoms with E-state index in [9.17, 15) is 9.59 Å². The van der Waals surface area contributed by atoms with Gasteiger partial charge in [0.05, 0.1) is 12.5 Å². The Morgan fingerprint density at radius 1 is 1.41 bits per heavy atom. The average Bonchev–Trinajstić information content (AvgIpc) is 3.26. The number of carbonyl (C=O) groups is 2. The highest BCUT2D eigenvalue weighted by atomic mass is 79.9. The number of likely N-dealkylation sites (tertiary alicyclic amines) is 1. The van der Waals surface area contributed by atoms with Crippen LogP contribution in [0.1, 0.15) is 12.0 Å². The van der Waals surface area contributed by atoms with Crippen LogP contribution in [0.2, 0.25) is 0 Å². The number of hydrogen-bond donors (Lipinski definition) is 1. The molecule has 0 bridgehead atoms. The molecule has 1 fully saturated rings. The molecule has 1 N–H and O–H groups in total. The fourth-order valence-electron chi connectivity index (χ4n) is 3.23.